The summed E-state index contributed by atoms with van der Waals surface area (Å²) < 4.78 is 8.30. The molecular weight excluding hydrogens is 272 g/mol. The third-order valence-corrected chi connectivity index (χ3v) is 4.39. The third kappa shape index (κ3) is 1.45. The largest absolute Gasteiger partial charge is 0.453 e. The Hall–Kier alpha value is -2.94. The highest BCUT2D eigenvalue weighted by atomic mass is 16.5. The van der Waals surface area contributed by atoms with Crippen LogP contribution in [-0.4, -0.2) is 4.57 Å². The smallest absolute Gasteiger partial charge is 0.151 e. The fraction of sp³-hybridized carbons (Fsp3) is 0.0526. The molecular formula is C19H14N2O. The quantitative estimate of drug-likeness (QED) is 0.424. The van der Waals surface area contributed by atoms with Gasteiger partial charge in [0.2, 0.25) is 0 Å². The average molecular weight is 286 g/mol. The van der Waals surface area contributed by atoms with Crippen LogP contribution in [0.2, 0.25) is 0 Å². The normalized spacial score (nSPS) is 12.6. The second-order valence-electron chi connectivity index (χ2n) is 5.66. The number of nitrogens with one attached hydrogen (secondary N) is 1. The second-order valence-corrected chi connectivity index (χ2v) is 5.66. The number of benzene rings is 3. The van der Waals surface area contributed by atoms with E-state index in [1.807, 2.05) is 24.3 Å². The average Bonchev–Trinajstić information content (AvgIpc) is 2.84. The van der Waals surface area contributed by atoms with Crippen molar-refractivity contribution in [3.05, 3.63) is 60.7 Å². The van der Waals surface area contributed by atoms with Crippen molar-refractivity contribution in [1.29, 1.82) is 0 Å². The summed E-state index contributed by atoms with van der Waals surface area (Å²) in [6.45, 7) is 0. The molecule has 3 heteroatoms. The molecule has 0 fully saturated rings. The Labute approximate surface area is 127 Å². The van der Waals surface area contributed by atoms with Crippen molar-refractivity contribution in [2.75, 3.05) is 5.32 Å². The number of fused-ring (bicyclic) bond motifs is 5. The molecule has 0 saturated heterocycles. The van der Waals surface area contributed by atoms with E-state index in [4.69, 9.17) is 4.74 Å². The van der Waals surface area contributed by atoms with Gasteiger partial charge in [-0.15, -0.1) is 0 Å². The molecule has 0 radical (unpaired) electrons. The van der Waals surface area contributed by atoms with Crippen LogP contribution < -0.4 is 10.1 Å². The van der Waals surface area contributed by atoms with Crippen LogP contribution in [0, 0.1) is 0 Å². The number of para-hydroxylation sites is 3. The van der Waals surface area contributed by atoms with Crippen LogP contribution in [0.15, 0.2) is 60.7 Å². The highest BCUT2D eigenvalue weighted by Gasteiger charge is 2.19. The van der Waals surface area contributed by atoms with E-state index in [9.17, 15) is 0 Å². The maximum Gasteiger partial charge on any atom is 0.151 e. The molecule has 1 aromatic heterocycles. The van der Waals surface area contributed by atoms with Crippen molar-refractivity contribution in [2.24, 2.45) is 7.05 Å². The summed E-state index contributed by atoms with van der Waals surface area (Å²) in [5.74, 6) is 1.75. The Morgan fingerprint density at radius 2 is 1.59 bits per heavy atom. The van der Waals surface area contributed by atoms with Gasteiger partial charge in [-0.05, 0) is 30.3 Å². The van der Waals surface area contributed by atoms with Crippen molar-refractivity contribution in [1.82, 2.24) is 4.57 Å². The molecule has 0 aliphatic carbocycles. The molecule has 22 heavy (non-hydrogen) atoms. The molecule has 106 valence electrons. The van der Waals surface area contributed by atoms with Gasteiger partial charge in [-0.3, -0.25) is 0 Å². The van der Waals surface area contributed by atoms with Crippen molar-refractivity contribution in [3.63, 3.8) is 0 Å². The molecule has 0 amide bonds. The minimum atomic E-state index is 0.870. The zero-order valence-corrected chi connectivity index (χ0v) is 12.1. The Balaban J connectivity index is 1.82. The number of nitrogens with zero attached hydrogens (tertiary/aromatic N) is 1. The van der Waals surface area contributed by atoms with E-state index in [0.29, 0.717) is 0 Å². The summed E-state index contributed by atoms with van der Waals surface area (Å²) in [7, 11) is 2.11. The summed E-state index contributed by atoms with van der Waals surface area (Å²) in [5.41, 5.74) is 4.46. The molecule has 5 rings (SSSR count). The lowest BCUT2D eigenvalue weighted by Crippen LogP contribution is -2.02. The fourth-order valence-corrected chi connectivity index (χ4v) is 3.29. The summed E-state index contributed by atoms with van der Waals surface area (Å²) in [6, 6.07) is 20.8. The SMILES string of the molecule is Cn1c2ccccc2c2cc3c(cc21)Nc1ccccc1O3. The zero-order chi connectivity index (χ0) is 14.7. The minimum absolute atomic E-state index is 0.870. The van der Waals surface area contributed by atoms with E-state index in [2.05, 4.69) is 53.3 Å². The first-order chi connectivity index (χ1) is 10.8. The standard InChI is InChI=1S/C19H14N2O/c1-21-16-8-4-2-6-12(16)13-10-19-15(11-17(13)21)20-14-7-3-5-9-18(14)22-19/h2-11,20H,1H3. The zero-order valence-electron chi connectivity index (χ0n) is 12.1. The van der Waals surface area contributed by atoms with Crippen molar-refractivity contribution < 1.29 is 4.74 Å². The van der Waals surface area contributed by atoms with Gasteiger partial charge < -0.3 is 14.6 Å². The van der Waals surface area contributed by atoms with Gasteiger partial charge in [0.15, 0.2) is 11.5 Å². The van der Waals surface area contributed by atoms with E-state index in [-0.39, 0.29) is 0 Å². The van der Waals surface area contributed by atoms with Crippen LogP contribution in [0.4, 0.5) is 11.4 Å². The van der Waals surface area contributed by atoms with Gasteiger partial charge in [-0.25, -0.2) is 0 Å². The molecule has 2 heterocycles. The summed E-state index contributed by atoms with van der Waals surface area (Å²) in [4.78, 5) is 0. The van der Waals surface area contributed by atoms with Gasteiger partial charge in [0.1, 0.15) is 0 Å². The third-order valence-electron chi connectivity index (χ3n) is 4.39. The molecule has 0 spiro atoms. The number of rotatable bonds is 0. The highest BCUT2D eigenvalue weighted by Crippen LogP contribution is 2.44. The van der Waals surface area contributed by atoms with Gasteiger partial charge in [0, 0.05) is 23.3 Å². The lowest BCUT2D eigenvalue weighted by atomic mass is 10.1. The van der Waals surface area contributed by atoms with Crippen molar-refractivity contribution in [2.45, 2.75) is 0 Å². The maximum atomic E-state index is 6.07. The van der Waals surface area contributed by atoms with Gasteiger partial charge >= 0.3 is 0 Å². The predicted molar refractivity (Wildman–Crippen MR) is 90.2 cm³/mol. The van der Waals surface area contributed by atoms with Gasteiger partial charge in [0.05, 0.1) is 16.9 Å². The van der Waals surface area contributed by atoms with Crippen LogP contribution >= 0.6 is 0 Å². The number of ether oxygens (including phenoxy) is 1. The molecule has 0 unspecified atom stereocenters. The first kappa shape index (κ1) is 11.7. The number of anilines is 2. The number of hydrogen-bond acceptors (Lipinski definition) is 2. The van der Waals surface area contributed by atoms with Crippen LogP contribution in [0.3, 0.4) is 0 Å². The van der Waals surface area contributed by atoms with Crippen LogP contribution in [0.5, 0.6) is 11.5 Å². The Morgan fingerprint density at radius 1 is 0.773 bits per heavy atom. The topological polar surface area (TPSA) is 26.2 Å². The lowest BCUT2D eigenvalue weighted by molar-refractivity contribution is 0.482. The monoisotopic (exact) mass is 286 g/mol. The molecule has 0 bridgehead atoms. The number of aryl methyl sites for hydroxylation is 1. The van der Waals surface area contributed by atoms with E-state index in [1.54, 1.807) is 0 Å². The van der Waals surface area contributed by atoms with Gasteiger partial charge in [-0.2, -0.15) is 0 Å². The van der Waals surface area contributed by atoms with Crippen LogP contribution in [0.25, 0.3) is 21.8 Å². The Morgan fingerprint density at radius 3 is 2.55 bits per heavy atom. The molecule has 1 N–H and O–H groups in total. The molecule has 1 aliphatic heterocycles. The van der Waals surface area contributed by atoms with Crippen LogP contribution in [0.1, 0.15) is 0 Å². The van der Waals surface area contributed by atoms with Crippen molar-refractivity contribution >= 4 is 33.2 Å². The minimum Gasteiger partial charge on any atom is -0.453 e. The number of aromatic nitrogens is 1. The first-order valence-electron chi connectivity index (χ1n) is 7.36. The van der Waals surface area contributed by atoms with E-state index in [0.717, 1.165) is 22.9 Å². The van der Waals surface area contributed by atoms with E-state index < -0.39 is 0 Å². The maximum absolute atomic E-state index is 6.07. The van der Waals surface area contributed by atoms with Crippen molar-refractivity contribution in [3.8, 4) is 11.5 Å². The summed E-state index contributed by atoms with van der Waals surface area (Å²) >= 11 is 0. The van der Waals surface area contributed by atoms with Gasteiger partial charge in [-0.1, -0.05) is 30.3 Å². The molecule has 1 aliphatic rings. The summed E-state index contributed by atoms with van der Waals surface area (Å²) in [6.07, 6.45) is 0. The highest BCUT2D eigenvalue weighted by molar-refractivity contribution is 6.10. The van der Waals surface area contributed by atoms with Crippen LogP contribution in [-0.2, 0) is 7.05 Å². The molecule has 4 aromatic rings. The summed E-state index contributed by atoms with van der Waals surface area (Å²) in [5, 5.41) is 5.94. The number of hydrogen-bond donors (Lipinski definition) is 1. The van der Waals surface area contributed by atoms with E-state index in [1.165, 1.54) is 21.8 Å². The Bertz CT molecular complexity index is 1050. The molecule has 3 aromatic carbocycles. The Kier molecular flexibility index (Phi) is 2.15. The van der Waals surface area contributed by atoms with Gasteiger partial charge in [0.25, 0.3) is 0 Å². The molecule has 3 nitrogen and oxygen atoms in total. The van der Waals surface area contributed by atoms with E-state index >= 15 is 0 Å². The predicted octanol–water partition coefficient (Wildman–Crippen LogP) is 5.18. The first-order valence-corrected chi connectivity index (χ1v) is 7.36. The molecule has 0 saturated carbocycles. The molecule has 0 atom stereocenters. The fourth-order valence-electron chi connectivity index (χ4n) is 3.29. The lowest BCUT2D eigenvalue weighted by Gasteiger charge is -2.21. The second kappa shape index (κ2) is 4.04.